The minimum atomic E-state index is -1.52. The topological polar surface area (TPSA) is 9.23 Å². The van der Waals surface area contributed by atoms with Gasteiger partial charge in [0, 0.05) is 10.4 Å². The van der Waals surface area contributed by atoms with Gasteiger partial charge in [-0.25, -0.2) is 0 Å². The van der Waals surface area contributed by atoms with Crippen LogP contribution >= 0.6 is 27.5 Å². The van der Waals surface area contributed by atoms with Gasteiger partial charge in [0.05, 0.1) is 6.10 Å². The van der Waals surface area contributed by atoms with Gasteiger partial charge in [0.15, 0.2) is 8.32 Å². The van der Waals surface area contributed by atoms with Crippen molar-refractivity contribution in [1.29, 1.82) is 0 Å². The number of hydrogen-bond acceptors (Lipinski definition) is 1. The quantitative estimate of drug-likeness (QED) is 0.502. The Kier molecular flexibility index (Phi) is 6.21. The van der Waals surface area contributed by atoms with Crippen LogP contribution in [0.3, 0.4) is 0 Å². The first-order chi connectivity index (χ1) is 7.92. The first kappa shape index (κ1) is 15.2. The van der Waals surface area contributed by atoms with Gasteiger partial charge in [-0.15, -0.1) is 11.6 Å². The fraction of sp³-hybridized carbons (Fsp3) is 0.538. The smallest absolute Gasteiger partial charge is 0.184 e. The molecule has 0 saturated carbocycles. The van der Waals surface area contributed by atoms with Crippen LogP contribution in [0.4, 0.5) is 0 Å². The molecule has 1 atom stereocenters. The lowest BCUT2D eigenvalue weighted by atomic mass is 10.1. The fourth-order valence-electron chi connectivity index (χ4n) is 1.66. The molecule has 0 heterocycles. The Morgan fingerprint density at radius 3 is 2.29 bits per heavy atom. The lowest BCUT2D eigenvalue weighted by molar-refractivity contribution is 0.186. The molecule has 1 aromatic rings. The Balaban J connectivity index is 2.78. The van der Waals surface area contributed by atoms with Gasteiger partial charge in [-0.3, -0.25) is 0 Å². The summed E-state index contributed by atoms with van der Waals surface area (Å²) in [7, 11) is -1.52. The summed E-state index contributed by atoms with van der Waals surface area (Å²) in [6.07, 6.45) is 2.18. The van der Waals surface area contributed by atoms with Crippen molar-refractivity contribution < 1.29 is 4.43 Å². The summed E-state index contributed by atoms with van der Waals surface area (Å²) in [6, 6.07) is 8.39. The predicted octanol–water partition coefficient (Wildman–Crippen LogP) is 5.36. The summed E-state index contributed by atoms with van der Waals surface area (Å²) in [5.74, 6) is 0.697. The molecular formula is C13H20BrClOSi. The molecule has 0 fully saturated rings. The summed E-state index contributed by atoms with van der Waals surface area (Å²) in [4.78, 5) is 0. The van der Waals surface area contributed by atoms with Crippen LogP contribution in [0.1, 0.15) is 24.5 Å². The van der Waals surface area contributed by atoms with E-state index in [2.05, 4.69) is 59.8 Å². The highest BCUT2D eigenvalue weighted by molar-refractivity contribution is 9.10. The van der Waals surface area contributed by atoms with E-state index >= 15 is 0 Å². The number of benzene rings is 1. The van der Waals surface area contributed by atoms with Crippen LogP contribution < -0.4 is 0 Å². The standard InChI is InChI=1S/C13H20BrClOSi/c1-17(2,3)16-13(5-4-10-15)11-6-8-12(14)9-7-11/h6-9,13H,4-5,10H2,1-3H3. The van der Waals surface area contributed by atoms with Gasteiger partial charge >= 0.3 is 0 Å². The Labute approximate surface area is 119 Å². The molecule has 0 radical (unpaired) electrons. The zero-order valence-electron chi connectivity index (χ0n) is 10.7. The van der Waals surface area contributed by atoms with E-state index in [1.165, 1.54) is 5.56 Å². The molecule has 1 nitrogen and oxygen atoms in total. The first-order valence-corrected chi connectivity index (χ1v) is 10.7. The molecule has 17 heavy (non-hydrogen) atoms. The van der Waals surface area contributed by atoms with Crippen molar-refractivity contribution in [3.05, 3.63) is 34.3 Å². The molecule has 0 aromatic heterocycles. The Bertz CT molecular complexity index is 334. The normalized spacial score (nSPS) is 13.7. The van der Waals surface area contributed by atoms with Gasteiger partial charge in [0.2, 0.25) is 0 Å². The number of hydrogen-bond donors (Lipinski definition) is 0. The van der Waals surface area contributed by atoms with Crippen LogP contribution in [0.25, 0.3) is 0 Å². The van der Waals surface area contributed by atoms with Gasteiger partial charge in [-0.1, -0.05) is 28.1 Å². The maximum absolute atomic E-state index is 6.23. The van der Waals surface area contributed by atoms with Crippen molar-refractivity contribution >= 4 is 35.8 Å². The molecule has 1 rings (SSSR count). The second kappa shape index (κ2) is 6.93. The first-order valence-electron chi connectivity index (χ1n) is 5.91. The van der Waals surface area contributed by atoms with Gasteiger partial charge in [0.25, 0.3) is 0 Å². The summed E-state index contributed by atoms with van der Waals surface area (Å²) in [5.41, 5.74) is 1.25. The third kappa shape index (κ3) is 6.05. The summed E-state index contributed by atoms with van der Waals surface area (Å²) >= 11 is 9.23. The monoisotopic (exact) mass is 334 g/mol. The summed E-state index contributed by atoms with van der Waals surface area (Å²) in [5, 5.41) is 0. The maximum Gasteiger partial charge on any atom is 0.184 e. The molecule has 1 aromatic carbocycles. The van der Waals surface area contributed by atoms with Gasteiger partial charge in [0.1, 0.15) is 0 Å². The Morgan fingerprint density at radius 1 is 1.24 bits per heavy atom. The van der Waals surface area contributed by atoms with Crippen LogP contribution in [-0.2, 0) is 4.43 Å². The fourth-order valence-corrected chi connectivity index (χ4v) is 3.19. The van der Waals surface area contributed by atoms with Crippen LogP contribution in [-0.4, -0.2) is 14.2 Å². The summed E-state index contributed by atoms with van der Waals surface area (Å²) < 4.78 is 7.33. The Hall–Kier alpha value is 0.167. The number of rotatable bonds is 6. The molecule has 0 bridgehead atoms. The largest absolute Gasteiger partial charge is 0.411 e. The van der Waals surface area contributed by atoms with Crippen molar-refractivity contribution in [2.75, 3.05) is 5.88 Å². The minimum absolute atomic E-state index is 0.188. The van der Waals surface area contributed by atoms with E-state index in [1.54, 1.807) is 0 Å². The van der Waals surface area contributed by atoms with Crippen LogP contribution in [0, 0.1) is 0 Å². The highest BCUT2D eigenvalue weighted by Crippen LogP contribution is 2.28. The SMILES string of the molecule is C[Si](C)(C)OC(CCCCl)c1ccc(Br)cc1. The zero-order valence-corrected chi connectivity index (χ0v) is 14.0. The van der Waals surface area contributed by atoms with E-state index in [1.807, 2.05) is 0 Å². The second-order valence-corrected chi connectivity index (χ2v) is 10.9. The maximum atomic E-state index is 6.23. The Morgan fingerprint density at radius 2 is 1.82 bits per heavy atom. The van der Waals surface area contributed by atoms with Crippen molar-refractivity contribution in [3.8, 4) is 0 Å². The number of alkyl halides is 1. The third-order valence-corrected chi connectivity index (χ3v) is 4.13. The van der Waals surface area contributed by atoms with E-state index < -0.39 is 8.32 Å². The van der Waals surface area contributed by atoms with Crippen molar-refractivity contribution in [3.63, 3.8) is 0 Å². The lowest BCUT2D eigenvalue weighted by Crippen LogP contribution is -2.28. The van der Waals surface area contributed by atoms with Gasteiger partial charge in [-0.05, 0) is 50.2 Å². The van der Waals surface area contributed by atoms with Crippen LogP contribution in [0.2, 0.25) is 19.6 Å². The van der Waals surface area contributed by atoms with E-state index in [-0.39, 0.29) is 6.10 Å². The number of halogens is 2. The molecule has 0 N–H and O–H groups in total. The predicted molar refractivity (Wildman–Crippen MR) is 81.3 cm³/mol. The van der Waals surface area contributed by atoms with E-state index in [0.717, 1.165) is 17.3 Å². The van der Waals surface area contributed by atoms with Crippen molar-refractivity contribution in [1.82, 2.24) is 0 Å². The highest BCUT2D eigenvalue weighted by Gasteiger charge is 2.22. The molecule has 96 valence electrons. The molecular weight excluding hydrogens is 316 g/mol. The minimum Gasteiger partial charge on any atom is -0.411 e. The molecule has 0 aliphatic heterocycles. The highest BCUT2D eigenvalue weighted by atomic mass is 79.9. The van der Waals surface area contributed by atoms with Crippen molar-refractivity contribution in [2.45, 2.75) is 38.6 Å². The van der Waals surface area contributed by atoms with E-state index in [9.17, 15) is 0 Å². The molecule has 0 amide bonds. The van der Waals surface area contributed by atoms with Gasteiger partial charge in [-0.2, -0.15) is 0 Å². The molecule has 0 spiro atoms. The lowest BCUT2D eigenvalue weighted by Gasteiger charge is -2.26. The average Bonchev–Trinajstić information content (AvgIpc) is 2.24. The molecule has 4 heteroatoms. The zero-order chi connectivity index (χ0) is 12.9. The summed E-state index contributed by atoms with van der Waals surface area (Å²) in [6.45, 7) is 6.67. The molecule has 0 aliphatic rings. The molecule has 1 unspecified atom stereocenters. The molecule has 0 saturated heterocycles. The van der Waals surface area contributed by atoms with E-state index in [0.29, 0.717) is 5.88 Å². The average molecular weight is 336 g/mol. The van der Waals surface area contributed by atoms with E-state index in [4.69, 9.17) is 16.0 Å². The third-order valence-electron chi connectivity index (χ3n) is 2.34. The molecule has 0 aliphatic carbocycles. The van der Waals surface area contributed by atoms with Crippen molar-refractivity contribution in [2.24, 2.45) is 0 Å². The van der Waals surface area contributed by atoms with Crippen LogP contribution in [0.5, 0.6) is 0 Å². The van der Waals surface area contributed by atoms with Gasteiger partial charge < -0.3 is 4.43 Å². The second-order valence-electron chi connectivity index (χ2n) is 5.10. The van der Waals surface area contributed by atoms with Crippen LogP contribution in [0.15, 0.2) is 28.7 Å².